The molecule has 0 atom stereocenters. The molecule has 1 aromatic heterocycles. The fourth-order valence-electron chi connectivity index (χ4n) is 5.18. The van der Waals surface area contributed by atoms with E-state index in [9.17, 15) is 0 Å². The van der Waals surface area contributed by atoms with E-state index in [0.717, 1.165) is 17.5 Å². The van der Waals surface area contributed by atoms with Gasteiger partial charge in [-0.3, -0.25) is 0 Å². The van der Waals surface area contributed by atoms with Crippen LogP contribution in [-0.4, -0.2) is 45.2 Å². The van der Waals surface area contributed by atoms with Crippen LogP contribution in [0.25, 0.3) is 21.8 Å². The van der Waals surface area contributed by atoms with Gasteiger partial charge in [-0.25, -0.2) is 0 Å². The lowest BCUT2D eigenvalue weighted by Crippen LogP contribution is -2.31. The van der Waals surface area contributed by atoms with Crippen molar-refractivity contribution in [2.24, 2.45) is 0 Å². The molecule has 174 valence electrons. The molecule has 2 saturated heterocycles. The molecule has 33 heavy (non-hydrogen) atoms. The number of hydrogen-bond donors (Lipinski definition) is 0. The molecule has 0 N–H and O–H groups in total. The number of nitrogens with zero attached hydrogens (tertiary/aromatic N) is 1. The van der Waals surface area contributed by atoms with Crippen molar-refractivity contribution in [3.05, 3.63) is 36.4 Å². The maximum Gasteiger partial charge on any atom is 0.494 e. The minimum atomic E-state index is -0.259. The molecule has 0 amide bonds. The Morgan fingerprint density at radius 2 is 1.09 bits per heavy atom. The first-order valence-electron chi connectivity index (χ1n) is 12.9. The molecular formula is C26H35B2NO4. The van der Waals surface area contributed by atoms with Crippen molar-refractivity contribution in [2.75, 3.05) is 26.4 Å². The first-order chi connectivity index (χ1) is 16.3. The van der Waals surface area contributed by atoms with Crippen LogP contribution < -0.4 is 10.9 Å². The Labute approximate surface area is 198 Å². The molecule has 2 aliphatic rings. The van der Waals surface area contributed by atoms with Crippen LogP contribution in [0.4, 0.5) is 0 Å². The highest BCUT2D eigenvalue weighted by molar-refractivity contribution is 6.62. The Kier molecular flexibility index (Phi) is 7.72. The lowest BCUT2D eigenvalue weighted by molar-refractivity contribution is 0.365. The molecule has 0 spiro atoms. The normalized spacial score (nSPS) is 16.6. The van der Waals surface area contributed by atoms with E-state index in [1.165, 1.54) is 73.2 Å². The molecule has 3 aromatic rings. The topological polar surface area (TPSA) is 41.9 Å². The highest BCUT2D eigenvalue weighted by Crippen LogP contribution is 2.29. The van der Waals surface area contributed by atoms with E-state index in [2.05, 4.69) is 47.9 Å². The molecule has 7 heteroatoms. The summed E-state index contributed by atoms with van der Waals surface area (Å²) in [6, 6.07) is 13.3. The van der Waals surface area contributed by atoms with Gasteiger partial charge in [0.2, 0.25) is 0 Å². The van der Waals surface area contributed by atoms with Crippen LogP contribution in [0.1, 0.15) is 58.3 Å². The van der Waals surface area contributed by atoms with Crippen LogP contribution in [0.2, 0.25) is 0 Å². The zero-order valence-electron chi connectivity index (χ0n) is 19.9. The largest absolute Gasteiger partial charge is 0.494 e. The fraction of sp³-hybridized carbons (Fsp3) is 0.538. The summed E-state index contributed by atoms with van der Waals surface area (Å²) in [5.74, 6) is 0. The second-order valence-corrected chi connectivity index (χ2v) is 9.33. The number of rotatable bonds is 11. The molecule has 5 rings (SSSR count). The van der Waals surface area contributed by atoms with E-state index in [4.69, 9.17) is 18.6 Å². The second kappa shape index (κ2) is 11.1. The first-order valence-corrected chi connectivity index (χ1v) is 12.9. The molecule has 0 bridgehead atoms. The number of benzene rings is 2. The Bertz CT molecular complexity index is 984. The molecule has 2 aromatic carbocycles. The number of fused-ring (bicyclic) bond motifs is 3. The number of aromatic nitrogens is 1. The van der Waals surface area contributed by atoms with Crippen molar-refractivity contribution >= 4 is 47.0 Å². The molecule has 5 nitrogen and oxygen atoms in total. The standard InChI is InChI=1S/C26H35B2NO4/c1-2-3-4-5-6-7-8-9-14-29-25-12-10-21(27-30-15-16-31-27)19-23(25)24-20-22(11-13-26(24)29)28-32-17-18-33-28/h10-13,19-20H,2-9,14-18H2,1H3. The van der Waals surface area contributed by atoms with Crippen LogP contribution in [-0.2, 0) is 25.2 Å². The Morgan fingerprint density at radius 3 is 1.58 bits per heavy atom. The number of unbranched alkanes of at least 4 members (excludes halogenated alkanes) is 7. The van der Waals surface area contributed by atoms with Crippen LogP contribution >= 0.6 is 0 Å². The first kappa shape index (κ1) is 23.0. The van der Waals surface area contributed by atoms with E-state index in [1.54, 1.807) is 0 Å². The average Bonchev–Trinajstić information content (AvgIpc) is 3.61. The SMILES string of the molecule is CCCCCCCCCCn1c2ccc(B3OCCO3)cc2c2cc(B3OCCO3)ccc21. The molecule has 0 unspecified atom stereocenters. The van der Waals surface area contributed by atoms with Gasteiger partial charge in [0.15, 0.2) is 0 Å². The van der Waals surface area contributed by atoms with Gasteiger partial charge in [0, 0.05) is 28.4 Å². The van der Waals surface area contributed by atoms with Gasteiger partial charge < -0.3 is 23.2 Å². The summed E-state index contributed by atoms with van der Waals surface area (Å²) < 4.78 is 25.6. The van der Waals surface area contributed by atoms with Gasteiger partial charge >= 0.3 is 14.2 Å². The summed E-state index contributed by atoms with van der Waals surface area (Å²) >= 11 is 0. The van der Waals surface area contributed by atoms with Crippen molar-refractivity contribution in [3.63, 3.8) is 0 Å². The molecular weight excluding hydrogens is 412 g/mol. The summed E-state index contributed by atoms with van der Waals surface area (Å²) in [7, 11) is -0.518. The van der Waals surface area contributed by atoms with Crippen molar-refractivity contribution in [2.45, 2.75) is 64.8 Å². The van der Waals surface area contributed by atoms with Gasteiger partial charge in [0.1, 0.15) is 0 Å². The van der Waals surface area contributed by atoms with E-state index < -0.39 is 0 Å². The summed E-state index contributed by atoms with van der Waals surface area (Å²) in [5, 5.41) is 2.50. The maximum atomic E-state index is 5.77. The second-order valence-electron chi connectivity index (χ2n) is 9.33. The van der Waals surface area contributed by atoms with Gasteiger partial charge in [-0.05, 0) is 29.5 Å². The maximum absolute atomic E-state index is 5.77. The lowest BCUT2D eigenvalue weighted by atomic mass is 9.77. The number of aryl methyl sites for hydroxylation is 1. The molecule has 2 fully saturated rings. The van der Waals surface area contributed by atoms with E-state index >= 15 is 0 Å². The van der Waals surface area contributed by atoms with Crippen molar-refractivity contribution in [1.82, 2.24) is 4.57 Å². The third-order valence-electron chi connectivity index (χ3n) is 6.94. The highest BCUT2D eigenvalue weighted by atomic mass is 16.6. The predicted octanol–water partition coefficient (Wildman–Crippen LogP) is 4.42. The zero-order chi connectivity index (χ0) is 22.5. The smallest absolute Gasteiger partial charge is 0.405 e. The van der Waals surface area contributed by atoms with E-state index in [1.807, 2.05) is 0 Å². The van der Waals surface area contributed by atoms with Crippen LogP contribution in [0, 0.1) is 0 Å². The predicted molar refractivity (Wildman–Crippen MR) is 137 cm³/mol. The van der Waals surface area contributed by atoms with Gasteiger partial charge in [-0.1, -0.05) is 76.1 Å². The van der Waals surface area contributed by atoms with Crippen LogP contribution in [0.15, 0.2) is 36.4 Å². The van der Waals surface area contributed by atoms with Gasteiger partial charge in [0.05, 0.1) is 26.4 Å². The van der Waals surface area contributed by atoms with Crippen molar-refractivity contribution < 1.29 is 18.6 Å². The summed E-state index contributed by atoms with van der Waals surface area (Å²) in [6.07, 6.45) is 10.7. The monoisotopic (exact) mass is 447 g/mol. The highest BCUT2D eigenvalue weighted by Gasteiger charge is 2.29. The van der Waals surface area contributed by atoms with Crippen molar-refractivity contribution in [1.29, 1.82) is 0 Å². The molecule has 3 heterocycles. The number of hydrogen-bond acceptors (Lipinski definition) is 4. The Morgan fingerprint density at radius 1 is 0.636 bits per heavy atom. The summed E-state index contributed by atoms with van der Waals surface area (Å²) in [4.78, 5) is 0. The van der Waals surface area contributed by atoms with Gasteiger partial charge in [-0.15, -0.1) is 0 Å². The quantitative estimate of drug-likeness (QED) is 0.323. The molecule has 0 saturated carbocycles. The summed E-state index contributed by atoms with van der Waals surface area (Å²) in [6.45, 7) is 5.94. The fourth-order valence-corrected chi connectivity index (χ4v) is 5.18. The Balaban J connectivity index is 1.39. The minimum absolute atomic E-state index is 0.259. The van der Waals surface area contributed by atoms with E-state index in [-0.39, 0.29) is 14.2 Å². The molecule has 0 aliphatic carbocycles. The Hall–Kier alpha value is -1.79. The third kappa shape index (κ3) is 5.17. The molecule has 2 aliphatic heterocycles. The van der Waals surface area contributed by atoms with Crippen molar-refractivity contribution in [3.8, 4) is 0 Å². The van der Waals surface area contributed by atoms with Crippen LogP contribution in [0.5, 0.6) is 0 Å². The van der Waals surface area contributed by atoms with Gasteiger partial charge in [0.25, 0.3) is 0 Å². The lowest BCUT2D eigenvalue weighted by Gasteiger charge is -2.09. The zero-order valence-corrected chi connectivity index (χ0v) is 19.9. The average molecular weight is 447 g/mol. The summed E-state index contributed by atoms with van der Waals surface area (Å²) in [5.41, 5.74) is 4.73. The minimum Gasteiger partial charge on any atom is -0.405 e. The molecule has 0 radical (unpaired) electrons. The third-order valence-corrected chi connectivity index (χ3v) is 6.94. The van der Waals surface area contributed by atoms with Crippen LogP contribution in [0.3, 0.4) is 0 Å². The van der Waals surface area contributed by atoms with E-state index in [0.29, 0.717) is 26.4 Å². The van der Waals surface area contributed by atoms with Gasteiger partial charge in [-0.2, -0.15) is 0 Å².